The Labute approximate surface area is 115 Å². The van der Waals surface area contributed by atoms with Crippen LogP contribution >= 0.6 is 0 Å². The third kappa shape index (κ3) is 3.96. The molecule has 1 rings (SSSR count). The van der Waals surface area contributed by atoms with Crippen molar-refractivity contribution >= 4 is 0 Å². The van der Waals surface area contributed by atoms with Gasteiger partial charge in [0.1, 0.15) is 0 Å². The Morgan fingerprint density at radius 1 is 1.28 bits per heavy atom. The normalized spacial score (nSPS) is 27.3. The van der Waals surface area contributed by atoms with E-state index in [0.717, 1.165) is 5.92 Å². The molecule has 1 fully saturated rings. The summed E-state index contributed by atoms with van der Waals surface area (Å²) < 4.78 is 0. The first-order valence-electron chi connectivity index (χ1n) is 7.89. The van der Waals surface area contributed by atoms with Crippen LogP contribution in [-0.2, 0) is 0 Å². The molecule has 0 saturated heterocycles. The summed E-state index contributed by atoms with van der Waals surface area (Å²) in [6.07, 6.45) is 3.99. The highest BCUT2D eigenvalue weighted by Crippen LogP contribution is 2.41. The average Bonchev–Trinajstić information content (AvgIpc) is 2.58. The zero-order valence-corrected chi connectivity index (χ0v) is 13.4. The maximum absolute atomic E-state index is 3.81. The molecule has 2 atom stereocenters. The van der Waals surface area contributed by atoms with Gasteiger partial charge in [-0.3, -0.25) is 0 Å². The zero-order chi connectivity index (χ0) is 13.8. The van der Waals surface area contributed by atoms with E-state index in [9.17, 15) is 0 Å². The fourth-order valence-electron chi connectivity index (χ4n) is 3.46. The molecule has 0 bridgehead atoms. The molecule has 0 aromatic rings. The van der Waals surface area contributed by atoms with Crippen LogP contribution in [-0.4, -0.2) is 36.6 Å². The Morgan fingerprint density at radius 2 is 1.94 bits per heavy atom. The third-order valence-corrected chi connectivity index (χ3v) is 4.69. The molecule has 1 saturated carbocycles. The zero-order valence-electron chi connectivity index (χ0n) is 13.4. The number of nitrogens with zero attached hydrogens (tertiary/aromatic N) is 1. The van der Waals surface area contributed by atoms with Crippen LogP contribution in [0.2, 0.25) is 0 Å². The lowest BCUT2D eigenvalue weighted by atomic mass is 9.84. The fraction of sp³-hybridized carbons (Fsp3) is 1.00. The first kappa shape index (κ1) is 16.0. The smallest absolute Gasteiger partial charge is 0.0159 e. The minimum atomic E-state index is 0.468. The van der Waals surface area contributed by atoms with Crippen LogP contribution in [0.4, 0.5) is 0 Å². The van der Waals surface area contributed by atoms with Gasteiger partial charge in [0.25, 0.3) is 0 Å². The molecule has 0 radical (unpaired) electrons. The van der Waals surface area contributed by atoms with Crippen molar-refractivity contribution in [2.24, 2.45) is 11.3 Å². The number of rotatable bonds is 7. The molecule has 0 aromatic heterocycles. The van der Waals surface area contributed by atoms with Gasteiger partial charge in [-0.05, 0) is 57.5 Å². The summed E-state index contributed by atoms with van der Waals surface area (Å²) in [5.74, 6) is 0.828. The summed E-state index contributed by atoms with van der Waals surface area (Å²) >= 11 is 0. The van der Waals surface area contributed by atoms with Gasteiger partial charge in [0, 0.05) is 18.6 Å². The molecule has 2 heteroatoms. The quantitative estimate of drug-likeness (QED) is 0.748. The van der Waals surface area contributed by atoms with Gasteiger partial charge in [0.15, 0.2) is 0 Å². The summed E-state index contributed by atoms with van der Waals surface area (Å²) in [4.78, 5) is 2.62. The van der Waals surface area contributed by atoms with Gasteiger partial charge in [-0.15, -0.1) is 0 Å². The maximum Gasteiger partial charge on any atom is 0.0159 e. The van der Waals surface area contributed by atoms with Crippen molar-refractivity contribution in [2.45, 2.75) is 72.9 Å². The number of hydrogen-bond donors (Lipinski definition) is 1. The SMILES string of the molecule is CCCNC1C(CN(CC)C(C)C)CCC1(C)C. The lowest BCUT2D eigenvalue weighted by Gasteiger charge is -2.35. The molecule has 0 aliphatic heterocycles. The maximum atomic E-state index is 3.81. The highest BCUT2D eigenvalue weighted by Gasteiger charge is 2.41. The molecule has 108 valence electrons. The minimum absolute atomic E-state index is 0.468. The topological polar surface area (TPSA) is 15.3 Å². The summed E-state index contributed by atoms with van der Waals surface area (Å²) in [5.41, 5.74) is 0.468. The lowest BCUT2D eigenvalue weighted by molar-refractivity contribution is 0.162. The van der Waals surface area contributed by atoms with E-state index in [4.69, 9.17) is 0 Å². The van der Waals surface area contributed by atoms with Crippen LogP contribution in [0.5, 0.6) is 0 Å². The molecular weight excluding hydrogens is 220 g/mol. The van der Waals surface area contributed by atoms with Gasteiger partial charge in [-0.2, -0.15) is 0 Å². The molecule has 1 N–H and O–H groups in total. The Bertz CT molecular complexity index is 235. The van der Waals surface area contributed by atoms with E-state index < -0.39 is 0 Å². The number of nitrogens with one attached hydrogen (secondary N) is 1. The van der Waals surface area contributed by atoms with Crippen LogP contribution in [0.25, 0.3) is 0 Å². The van der Waals surface area contributed by atoms with Gasteiger partial charge in [-0.1, -0.05) is 27.7 Å². The standard InChI is InChI=1S/C16H34N2/c1-7-11-17-15-14(9-10-16(15,5)6)12-18(8-2)13(3)4/h13-15,17H,7-12H2,1-6H3. The lowest BCUT2D eigenvalue weighted by Crippen LogP contribution is -2.47. The van der Waals surface area contributed by atoms with Gasteiger partial charge in [-0.25, -0.2) is 0 Å². The molecule has 0 spiro atoms. The number of hydrogen-bond acceptors (Lipinski definition) is 2. The van der Waals surface area contributed by atoms with E-state index in [0.29, 0.717) is 17.5 Å². The van der Waals surface area contributed by atoms with Crippen LogP contribution < -0.4 is 5.32 Å². The Morgan fingerprint density at radius 3 is 2.44 bits per heavy atom. The van der Waals surface area contributed by atoms with Crippen LogP contribution in [0.1, 0.15) is 60.8 Å². The molecular formula is C16H34N2. The van der Waals surface area contributed by atoms with Gasteiger partial charge in [0.05, 0.1) is 0 Å². The van der Waals surface area contributed by atoms with Crippen molar-refractivity contribution in [3.63, 3.8) is 0 Å². The van der Waals surface area contributed by atoms with Gasteiger partial charge < -0.3 is 10.2 Å². The highest BCUT2D eigenvalue weighted by molar-refractivity contribution is 4.97. The molecule has 1 aliphatic rings. The Balaban J connectivity index is 2.62. The van der Waals surface area contributed by atoms with Crippen LogP contribution in [0, 0.1) is 11.3 Å². The van der Waals surface area contributed by atoms with Crippen molar-refractivity contribution in [3.05, 3.63) is 0 Å². The first-order chi connectivity index (χ1) is 8.42. The van der Waals surface area contributed by atoms with Gasteiger partial charge >= 0.3 is 0 Å². The van der Waals surface area contributed by atoms with E-state index >= 15 is 0 Å². The second kappa shape index (κ2) is 6.91. The van der Waals surface area contributed by atoms with Crippen LogP contribution in [0.3, 0.4) is 0 Å². The summed E-state index contributed by atoms with van der Waals surface area (Å²) in [7, 11) is 0. The molecule has 18 heavy (non-hydrogen) atoms. The van der Waals surface area contributed by atoms with E-state index in [1.165, 1.54) is 38.9 Å². The highest BCUT2D eigenvalue weighted by atomic mass is 15.1. The Kier molecular flexibility index (Phi) is 6.13. The molecule has 0 aromatic carbocycles. The minimum Gasteiger partial charge on any atom is -0.313 e. The van der Waals surface area contributed by atoms with E-state index in [2.05, 4.69) is 51.8 Å². The fourth-order valence-corrected chi connectivity index (χ4v) is 3.46. The molecule has 2 unspecified atom stereocenters. The largest absolute Gasteiger partial charge is 0.313 e. The summed E-state index contributed by atoms with van der Waals surface area (Å²) in [6, 6.07) is 1.37. The monoisotopic (exact) mass is 254 g/mol. The second-order valence-corrected chi connectivity index (χ2v) is 6.90. The third-order valence-electron chi connectivity index (χ3n) is 4.69. The Hall–Kier alpha value is -0.0800. The average molecular weight is 254 g/mol. The van der Waals surface area contributed by atoms with E-state index in [1.54, 1.807) is 0 Å². The van der Waals surface area contributed by atoms with Crippen molar-refractivity contribution in [1.29, 1.82) is 0 Å². The molecule has 0 heterocycles. The second-order valence-electron chi connectivity index (χ2n) is 6.90. The van der Waals surface area contributed by atoms with Gasteiger partial charge in [0.2, 0.25) is 0 Å². The molecule has 2 nitrogen and oxygen atoms in total. The van der Waals surface area contributed by atoms with E-state index in [1.807, 2.05) is 0 Å². The summed E-state index contributed by atoms with van der Waals surface area (Å²) in [5, 5.41) is 3.81. The molecule has 1 aliphatic carbocycles. The van der Waals surface area contributed by atoms with E-state index in [-0.39, 0.29) is 0 Å². The first-order valence-corrected chi connectivity index (χ1v) is 7.89. The predicted octanol–water partition coefficient (Wildman–Crippen LogP) is 3.52. The predicted molar refractivity (Wildman–Crippen MR) is 81.0 cm³/mol. The van der Waals surface area contributed by atoms with Crippen LogP contribution in [0.15, 0.2) is 0 Å². The van der Waals surface area contributed by atoms with Crippen molar-refractivity contribution in [1.82, 2.24) is 10.2 Å². The van der Waals surface area contributed by atoms with Crippen molar-refractivity contribution in [2.75, 3.05) is 19.6 Å². The summed E-state index contributed by atoms with van der Waals surface area (Å²) in [6.45, 7) is 17.7. The van der Waals surface area contributed by atoms with Crippen molar-refractivity contribution in [3.8, 4) is 0 Å². The molecule has 0 amide bonds. The van der Waals surface area contributed by atoms with Crippen molar-refractivity contribution < 1.29 is 0 Å².